The predicted molar refractivity (Wildman–Crippen MR) is 88.4 cm³/mol. The standard InChI is InChI=1S/C17H23NO2S/c1-2-10-18-17(13-19,15-7-4-3-5-8-15)14-21-12-16-9-6-11-20-16/h3-9,11,18-19H,2,10,12-14H2,1H3. The highest BCUT2D eigenvalue weighted by atomic mass is 32.2. The molecular formula is C17H23NO2S. The van der Waals surface area contributed by atoms with Crippen molar-refractivity contribution in [1.29, 1.82) is 0 Å². The number of benzene rings is 1. The van der Waals surface area contributed by atoms with Crippen molar-refractivity contribution in [2.45, 2.75) is 24.6 Å². The number of nitrogens with one attached hydrogen (secondary N) is 1. The SMILES string of the molecule is CCCNC(CO)(CSCc1ccco1)c1ccccc1. The molecule has 0 amide bonds. The average Bonchev–Trinajstić information content (AvgIpc) is 3.05. The van der Waals surface area contributed by atoms with Crippen molar-refractivity contribution in [3.63, 3.8) is 0 Å². The molecule has 0 aliphatic carbocycles. The van der Waals surface area contributed by atoms with Crippen LogP contribution in [0.1, 0.15) is 24.7 Å². The molecule has 114 valence electrons. The van der Waals surface area contributed by atoms with Crippen molar-refractivity contribution in [1.82, 2.24) is 5.32 Å². The third-order valence-corrected chi connectivity index (χ3v) is 4.67. The fourth-order valence-electron chi connectivity index (χ4n) is 2.27. The van der Waals surface area contributed by atoms with Crippen LogP contribution >= 0.6 is 11.8 Å². The van der Waals surface area contributed by atoms with Gasteiger partial charge < -0.3 is 14.8 Å². The number of furan rings is 1. The van der Waals surface area contributed by atoms with E-state index in [4.69, 9.17) is 4.42 Å². The monoisotopic (exact) mass is 305 g/mol. The number of hydrogen-bond donors (Lipinski definition) is 2. The Kier molecular flexibility index (Phi) is 6.36. The van der Waals surface area contributed by atoms with E-state index in [2.05, 4.69) is 24.4 Å². The van der Waals surface area contributed by atoms with E-state index in [0.29, 0.717) is 0 Å². The number of hydrogen-bond acceptors (Lipinski definition) is 4. The molecule has 1 atom stereocenters. The molecule has 2 N–H and O–H groups in total. The molecule has 1 heterocycles. The molecule has 0 fully saturated rings. The molecule has 2 rings (SSSR count). The lowest BCUT2D eigenvalue weighted by Crippen LogP contribution is -2.48. The molecule has 1 unspecified atom stereocenters. The molecule has 0 aliphatic rings. The van der Waals surface area contributed by atoms with Gasteiger partial charge >= 0.3 is 0 Å². The van der Waals surface area contributed by atoms with Crippen LogP contribution < -0.4 is 5.32 Å². The van der Waals surface area contributed by atoms with Crippen LogP contribution in [0, 0.1) is 0 Å². The van der Waals surface area contributed by atoms with E-state index in [1.54, 1.807) is 18.0 Å². The summed E-state index contributed by atoms with van der Waals surface area (Å²) in [4.78, 5) is 0. The predicted octanol–water partition coefficient (Wildman–Crippen LogP) is 3.40. The van der Waals surface area contributed by atoms with Crippen LogP contribution in [0.3, 0.4) is 0 Å². The Labute approximate surface area is 130 Å². The first-order valence-corrected chi connectivity index (χ1v) is 8.48. The Morgan fingerprint density at radius 1 is 1.19 bits per heavy atom. The molecule has 0 radical (unpaired) electrons. The molecule has 2 aromatic rings. The maximum absolute atomic E-state index is 10.0. The number of thioether (sulfide) groups is 1. The fourth-order valence-corrected chi connectivity index (χ4v) is 3.45. The second-order valence-corrected chi connectivity index (χ2v) is 6.09. The lowest BCUT2D eigenvalue weighted by molar-refractivity contribution is 0.179. The van der Waals surface area contributed by atoms with E-state index >= 15 is 0 Å². The van der Waals surface area contributed by atoms with Gasteiger partial charge in [-0.05, 0) is 30.7 Å². The molecule has 1 aromatic carbocycles. The highest BCUT2D eigenvalue weighted by Gasteiger charge is 2.30. The first-order chi connectivity index (χ1) is 10.3. The highest BCUT2D eigenvalue weighted by Crippen LogP contribution is 2.27. The average molecular weight is 305 g/mol. The Morgan fingerprint density at radius 3 is 2.62 bits per heavy atom. The summed E-state index contributed by atoms with van der Waals surface area (Å²) >= 11 is 1.77. The van der Waals surface area contributed by atoms with Gasteiger partial charge in [-0.1, -0.05) is 37.3 Å². The van der Waals surface area contributed by atoms with Crippen molar-refractivity contribution in [2.24, 2.45) is 0 Å². The van der Waals surface area contributed by atoms with E-state index < -0.39 is 5.54 Å². The summed E-state index contributed by atoms with van der Waals surface area (Å²) in [6.45, 7) is 3.11. The summed E-state index contributed by atoms with van der Waals surface area (Å²) in [7, 11) is 0. The zero-order valence-corrected chi connectivity index (χ0v) is 13.2. The van der Waals surface area contributed by atoms with E-state index in [1.807, 2.05) is 30.3 Å². The van der Waals surface area contributed by atoms with Gasteiger partial charge in [-0.3, -0.25) is 0 Å². The lowest BCUT2D eigenvalue weighted by Gasteiger charge is -2.33. The largest absolute Gasteiger partial charge is 0.468 e. The number of rotatable bonds is 9. The normalized spacial score (nSPS) is 14.0. The lowest BCUT2D eigenvalue weighted by atomic mass is 9.92. The number of aliphatic hydroxyl groups excluding tert-OH is 1. The molecule has 0 spiro atoms. The smallest absolute Gasteiger partial charge is 0.113 e. The molecule has 0 saturated heterocycles. The summed E-state index contributed by atoms with van der Waals surface area (Å²) in [6.07, 6.45) is 2.74. The van der Waals surface area contributed by atoms with Gasteiger partial charge in [0.1, 0.15) is 5.76 Å². The van der Waals surface area contributed by atoms with E-state index in [1.165, 1.54) is 0 Å². The summed E-state index contributed by atoms with van der Waals surface area (Å²) in [5, 5.41) is 13.5. The maximum atomic E-state index is 10.0. The van der Waals surface area contributed by atoms with Gasteiger partial charge in [0.2, 0.25) is 0 Å². The minimum absolute atomic E-state index is 0.0855. The summed E-state index contributed by atoms with van der Waals surface area (Å²) in [5.74, 6) is 2.58. The molecule has 1 aromatic heterocycles. The third kappa shape index (κ3) is 4.37. The zero-order valence-electron chi connectivity index (χ0n) is 12.4. The highest BCUT2D eigenvalue weighted by molar-refractivity contribution is 7.98. The van der Waals surface area contributed by atoms with Crippen molar-refractivity contribution in [2.75, 3.05) is 18.9 Å². The maximum Gasteiger partial charge on any atom is 0.113 e. The molecule has 4 heteroatoms. The van der Waals surface area contributed by atoms with Gasteiger partial charge in [0.15, 0.2) is 0 Å². The van der Waals surface area contributed by atoms with Gasteiger partial charge in [0.25, 0.3) is 0 Å². The van der Waals surface area contributed by atoms with Gasteiger partial charge in [-0.15, -0.1) is 0 Å². The zero-order chi connectivity index (χ0) is 15.0. The first-order valence-electron chi connectivity index (χ1n) is 7.32. The van der Waals surface area contributed by atoms with Gasteiger partial charge in [0.05, 0.1) is 24.2 Å². The first kappa shape index (κ1) is 16.1. The minimum Gasteiger partial charge on any atom is -0.468 e. The molecule has 3 nitrogen and oxygen atoms in total. The minimum atomic E-state index is -0.394. The van der Waals surface area contributed by atoms with E-state index in [0.717, 1.165) is 35.8 Å². The summed E-state index contributed by atoms with van der Waals surface area (Å²) in [6, 6.07) is 14.1. The van der Waals surface area contributed by atoms with Crippen LogP contribution in [0.15, 0.2) is 53.1 Å². The van der Waals surface area contributed by atoms with Crippen LogP contribution in [0.25, 0.3) is 0 Å². The van der Waals surface area contributed by atoms with Gasteiger partial charge in [0, 0.05) is 5.75 Å². The Hall–Kier alpha value is -1.23. The van der Waals surface area contributed by atoms with Crippen molar-refractivity contribution in [3.8, 4) is 0 Å². The Balaban J connectivity index is 2.07. The molecule has 21 heavy (non-hydrogen) atoms. The second kappa shape index (κ2) is 8.27. The molecular weight excluding hydrogens is 282 g/mol. The Bertz CT molecular complexity index is 501. The topological polar surface area (TPSA) is 45.4 Å². The van der Waals surface area contributed by atoms with Crippen LogP contribution in [0.2, 0.25) is 0 Å². The van der Waals surface area contributed by atoms with Crippen molar-refractivity contribution >= 4 is 11.8 Å². The fraction of sp³-hybridized carbons (Fsp3) is 0.412. The van der Waals surface area contributed by atoms with Crippen LogP contribution in [-0.2, 0) is 11.3 Å². The van der Waals surface area contributed by atoms with Crippen molar-refractivity contribution in [3.05, 3.63) is 60.1 Å². The van der Waals surface area contributed by atoms with Crippen LogP contribution in [0.5, 0.6) is 0 Å². The third-order valence-electron chi connectivity index (χ3n) is 3.48. The molecule has 0 aliphatic heterocycles. The van der Waals surface area contributed by atoms with Crippen LogP contribution in [-0.4, -0.2) is 24.0 Å². The molecule has 0 saturated carbocycles. The number of aliphatic hydroxyl groups is 1. The Morgan fingerprint density at radius 2 is 2.00 bits per heavy atom. The van der Waals surface area contributed by atoms with Gasteiger partial charge in [-0.2, -0.15) is 11.8 Å². The second-order valence-electron chi connectivity index (χ2n) is 5.11. The summed E-state index contributed by atoms with van der Waals surface area (Å²) < 4.78 is 5.36. The summed E-state index contributed by atoms with van der Waals surface area (Å²) in [5.41, 5.74) is 0.738. The van der Waals surface area contributed by atoms with Crippen molar-refractivity contribution < 1.29 is 9.52 Å². The van der Waals surface area contributed by atoms with Crippen LogP contribution in [0.4, 0.5) is 0 Å². The van der Waals surface area contributed by atoms with Gasteiger partial charge in [-0.25, -0.2) is 0 Å². The van der Waals surface area contributed by atoms with E-state index in [9.17, 15) is 5.11 Å². The molecule has 0 bridgehead atoms. The van der Waals surface area contributed by atoms with E-state index in [-0.39, 0.29) is 6.61 Å². The quantitative estimate of drug-likeness (QED) is 0.745.